The highest BCUT2D eigenvalue weighted by Crippen LogP contribution is 2.32. The third-order valence-electron chi connectivity index (χ3n) is 3.81. The van der Waals surface area contributed by atoms with Crippen molar-refractivity contribution < 1.29 is 0 Å². The lowest BCUT2D eigenvalue weighted by Crippen LogP contribution is -2.27. The van der Waals surface area contributed by atoms with Crippen molar-refractivity contribution in [3.8, 4) is 0 Å². The number of nitrogens with zero attached hydrogens (tertiary/aromatic N) is 2. The topological polar surface area (TPSA) is 49.8 Å². The number of hydrogen-bond acceptors (Lipinski definition) is 5. The molecule has 118 valence electrons. The summed E-state index contributed by atoms with van der Waals surface area (Å²) in [5, 5.41) is 7.75. The molecule has 1 aromatic rings. The van der Waals surface area contributed by atoms with E-state index in [1.165, 1.54) is 25.0 Å². The number of aryl methyl sites for hydroxylation is 1. The fourth-order valence-corrected chi connectivity index (χ4v) is 3.97. The largest absolute Gasteiger partial charge is 0.370 e. The zero-order chi connectivity index (χ0) is 15.1. The second-order valence-corrected chi connectivity index (χ2v) is 7.03. The molecular weight excluding hydrogens is 280 g/mol. The summed E-state index contributed by atoms with van der Waals surface area (Å²) in [5.74, 6) is 4.03. The van der Waals surface area contributed by atoms with Crippen LogP contribution in [0.4, 0.5) is 11.6 Å². The van der Waals surface area contributed by atoms with Gasteiger partial charge in [0.25, 0.3) is 0 Å². The van der Waals surface area contributed by atoms with Gasteiger partial charge in [0, 0.05) is 30.3 Å². The van der Waals surface area contributed by atoms with Gasteiger partial charge in [-0.3, -0.25) is 0 Å². The molecular formula is C16H28N4S. The summed E-state index contributed by atoms with van der Waals surface area (Å²) in [4.78, 5) is 9.20. The van der Waals surface area contributed by atoms with Crippen molar-refractivity contribution in [2.24, 2.45) is 0 Å². The highest BCUT2D eigenvalue weighted by atomic mass is 32.2. The van der Waals surface area contributed by atoms with Crippen LogP contribution in [0, 0.1) is 0 Å². The lowest BCUT2D eigenvalue weighted by molar-refractivity contribution is 0.758. The molecule has 1 aliphatic carbocycles. The van der Waals surface area contributed by atoms with Gasteiger partial charge in [0.05, 0.1) is 0 Å². The van der Waals surface area contributed by atoms with Crippen LogP contribution < -0.4 is 10.6 Å². The van der Waals surface area contributed by atoms with Crippen molar-refractivity contribution in [3.05, 3.63) is 11.9 Å². The number of aromatic nitrogens is 2. The summed E-state index contributed by atoms with van der Waals surface area (Å²) in [7, 11) is 0. The maximum absolute atomic E-state index is 4.65. The van der Waals surface area contributed by atoms with Gasteiger partial charge in [-0.1, -0.05) is 27.2 Å². The Balaban J connectivity index is 2.07. The minimum Gasteiger partial charge on any atom is -0.370 e. The van der Waals surface area contributed by atoms with Crippen molar-refractivity contribution in [2.75, 3.05) is 22.9 Å². The van der Waals surface area contributed by atoms with Gasteiger partial charge in [-0.2, -0.15) is 11.8 Å². The average molecular weight is 308 g/mol. The zero-order valence-electron chi connectivity index (χ0n) is 13.5. The molecule has 0 aliphatic heterocycles. The van der Waals surface area contributed by atoms with Gasteiger partial charge in [-0.15, -0.1) is 0 Å². The molecule has 1 aromatic heterocycles. The van der Waals surface area contributed by atoms with Crippen LogP contribution in [0.2, 0.25) is 0 Å². The second kappa shape index (κ2) is 8.47. The van der Waals surface area contributed by atoms with Gasteiger partial charge in [0.2, 0.25) is 0 Å². The molecule has 0 radical (unpaired) electrons. The van der Waals surface area contributed by atoms with Crippen LogP contribution in [0.1, 0.15) is 52.3 Å². The first-order valence-corrected chi connectivity index (χ1v) is 9.31. The first-order valence-electron chi connectivity index (χ1n) is 8.26. The molecule has 5 heteroatoms. The van der Waals surface area contributed by atoms with Crippen LogP contribution in [-0.4, -0.2) is 33.6 Å². The molecule has 2 atom stereocenters. The first-order chi connectivity index (χ1) is 10.3. The SMILES string of the molecule is CCCNc1cc(NC2CCCC2SCC)nc(CC)n1. The second-order valence-electron chi connectivity index (χ2n) is 5.51. The predicted octanol–water partition coefficient (Wildman–Crippen LogP) is 3.95. The van der Waals surface area contributed by atoms with Crippen molar-refractivity contribution in [1.29, 1.82) is 0 Å². The van der Waals surface area contributed by atoms with Gasteiger partial charge in [-0.05, 0) is 25.0 Å². The Morgan fingerprint density at radius 2 is 2.00 bits per heavy atom. The third kappa shape index (κ3) is 4.77. The van der Waals surface area contributed by atoms with Crippen molar-refractivity contribution in [1.82, 2.24) is 9.97 Å². The van der Waals surface area contributed by atoms with E-state index in [4.69, 9.17) is 0 Å². The van der Waals surface area contributed by atoms with Gasteiger partial charge < -0.3 is 10.6 Å². The standard InChI is InChI=1S/C16H28N4S/c1-4-10-17-15-11-16(20-14(5-2)19-15)18-12-8-7-9-13(12)21-6-3/h11-13H,4-10H2,1-3H3,(H2,17,18,19,20). The highest BCUT2D eigenvalue weighted by molar-refractivity contribution is 7.99. The fourth-order valence-electron chi connectivity index (χ4n) is 2.77. The molecule has 0 spiro atoms. The predicted molar refractivity (Wildman–Crippen MR) is 93.4 cm³/mol. The van der Waals surface area contributed by atoms with E-state index >= 15 is 0 Å². The lowest BCUT2D eigenvalue weighted by Gasteiger charge is -2.21. The van der Waals surface area contributed by atoms with Crippen LogP contribution >= 0.6 is 11.8 Å². The Bertz CT molecular complexity index is 438. The molecule has 0 amide bonds. The van der Waals surface area contributed by atoms with Gasteiger partial charge in [0.15, 0.2) is 0 Å². The van der Waals surface area contributed by atoms with E-state index in [-0.39, 0.29) is 0 Å². The van der Waals surface area contributed by atoms with Gasteiger partial charge in [0.1, 0.15) is 17.5 Å². The number of rotatable bonds is 8. The molecule has 21 heavy (non-hydrogen) atoms. The number of hydrogen-bond donors (Lipinski definition) is 2. The summed E-state index contributed by atoms with van der Waals surface area (Å²) in [5.41, 5.74) is 0. The smallest absolute Gasteiger partial charge is 0.132 e. The summed E-state index contributed by atoms with van der Waals surface area (Å²) >= 11 is 2.07. The van der Waals surface area contributed by atoms with E-state index in [1.807, 2.05) is 0 Å². The average Bonchev–Trinajstić information content (AvgIpc) is 2.92. The molecule has 0 bridgehead atoms. The lowest BCUT2D eigenvalue weighted by atomic mass is 10.2. The van der Waals surface area contributed by atoms with E-state index in [9.17, 15) is 0 Å². The van der Waals surface area contributed by atoms with Crippen LogP contribution in [0.25, 0.3) is 0 Å². The van der Waals surface area contributed by atoms with E-state index in [2.05, 4.69) is 59.2 Å². The molecule has 1 heterocycles. The highest BCUT2D eigenvalue weighted by Gasteiger charge is 2.27. The van der Waals surface area contributed by atoms with Crippen molar-refractivity contribution >= 4 is 23.4 Å². The summed E-state index contributed by atoms with van der Waals surface area (Å²) < 4.78 is 0. The molecule has 1 aliphatic rings. The van der Waals surface area contributed by atoms with Crippen molar-refractivity contribution in [3.63, 3.8) is 0 Å². The fraction of sp³-hybridized carbons (Fsp3) is 0.750. The number of nitrogens with one attached hydrogen (secondary N) is 2. The van der Waals surface area contributed by atoms with E-state index < -0.39 is 0 Å². The van der Waals surface area contributed by atoms with Crippen LogP contribution in [-0.2, 0) is 6.42 Å². The van der Waals surface area contributed by atoms with Crippen LogP contribution in [0.3, 0.4) is 0 Å². The number of anilines is 2. The minimum atomic E-state index is 0.550. The molecule has 1 fully saturated rings. The molecule has 0 saturated heterocycles. The maximum Gasteiger partial charge on any atom is 0.132 e. The summed E-state index contributed by atoms with van der Waals surface area (Å²) in [6.45, 7) is 7.47. The van der Waals surface area contributed by atoms with Crippen molar-refractivity contribution in [2.45, 2.75) is 64.2 Å². The number of thioether (sulfide) groups is 1. The molecule has 2 unspecified atom stereocenters. The van der Waals surface area contributed by atoms with Crippen LogP contribution in [0.15, 0.2) is 6.07 Å². The van der Waals surface area contributed by atoms with Crippen LogP contribution in [0.5, 0.6) is 0 Å². The van der Waals surface area contributed by atoms with E-state index in [0.717, 1.165) is 42.1 Å². The van der Waals surface area contributed by atoms with E-state index in [0.29, 0.717) is 6.04 Å². The van der Waals surface area contributed by atoms with Gasteiger partial charge in [-0.25, -0.2) is 9.97 Å². The Morgan fingerprint density at radius 3 is 2.71 bits per heavy atom. The molecule has 2 N–H and O–H groups in total. The molecule has 1 saturated carbocycles. The quantitative estimate of drug-likeness (QED) is 0.761. The Hall–Kier alpha value is -0.970. The third-order valence-corrected chi connectivity index (χ3v) is 5.14. The Kier molecular flexibility index (Phi) is 6.61. The van der Waals surface area contributed by atoms with Gasteiger partial charge >= 0.3 is 0 Å². The maximum atomic E-state index is 4.65. The summed E-state index contributed by atoms with van der Waals surface area (Å²) in [6.07, 6.45) is 5.87. The minimum absolute atomic E-state index is 0.550. The first kappa shape index (κ1) is 16.4. The molecule has 4 nitrogen and oxygen atoms in total. The van der Waals surface area contributed by atoms with E-state index in [1.54, 1.807) is 0 Å². The Morgan fingerprint density at radius 1 is 1.19 bits per heavy atom. The Labute approximate surface area is 132 Å². The molecule has 2 rings (SSSR count). The molecule has 0 aromatic carbocycles. The summed E-state index contributed by atoms with van der Waals surface area (Å²) in [6, 6.07) is 2.61. The normalized spacial score (nSPS) is 21.5. The zero-order valence-corrected chi connectivity index (χ0v) is 14.3. The monoisotopic (exact) mass is 308 g/mol.